The lowest BCUT2D eigenvalue weighted by molar-refractivity contribution is 0.0777. The van der Waals surface area contributed by atoms with E-state index >= 15 is 0 Å². The van der Waals surface area contributed by atoms with E-state index in [2.05, 4.69) is 22.5 Å². The van der Waals surface area contributed by atoms with Gasteiger partial charge in [-0.15, -0.1) is 0 Å². The molecule has 4 heteroatoms. The summed E-state index contributed by atoms with van der Waals surface area (Å²) in [6.45, 7) is 8.89. The van der Waals surface area contributed by atoms with Gasteiger partial charge in [0.25, 0.3) is 5.91 Å². The van der Waals surface area contributed by atoms with Crippen LogP contribution in [0.3, 0.4) is 0 Å². The number of halogens is 1. The number of carbonyl (C=O) groups excluding carboxylic acids is 1. The van der Waals surface area contributed by atoms with Gasteiger partial charge in [-0.1, -0.05) is 12.2 Å². The third kappa shape index (κ3) is 3.60. The Morgan fingerprint density at radius 3 is 2.71 bits per heavy atom. The van der Waals surface area contributed by atoms with Gasteiger partial charge in [0, 0.05) is 23.2 Å². The van der Waals surface area contributed by atoms with E-state index < -0.39 is 0 Å². The fraction of sp³-hybridized carbons (Fsp3) is 0.308. The van der Waals surface area contributed by atoms with Crippen LogP contribution in [0.25, 0.3) is 0 Å². The number of hydrogen-bond acceptors (Lipinski definition) is 2. The Morgan fingerprint density at radius 1 is 1.53 bits per heavy atom. The maximum atomic E-state index is 12.3. The van der Waals surface area contributed by atoms with Crippen LogP contribution in [-0.4, -0.2) is 23.9 Å². The average Bonchev–Trinajstić information content (AvgIpc) is 2.28. The second-order valence-corrected chi connectivity index (χ2v) is 4.87. The molecule has 1 amide bonds. The van der Waals surface area contributed by atoms with E-state index in [1.54, 1.807) is 23.1 Å². The number of amides is 1. The Labute approximate surface area is 110 Å². The molecule has 92 valence electrons. The second kappa shape index (κ2) is 5.87. The van der Waals surface area contributed by atoms with Gasteiger partial charge in [-0.05, 0) is 48.0 Å². The van der Waals surface area contributed by atoms with Crippen LogP contribution in [0, 0.1) is 0 Å². The molecular formula is C13H17BrN2O. The van der Waals surface area contributed by atoms with Crippen molar-refractivity contribution in [3.63, 3.8) is 0 Å². The van der Waals surface area contributed by atoms with Gasteiger partial charge in [-0.3, -0.25) is 4.79 Å². The molecule has 0 heterocycles. The molecule has 3 nitrogen and oxygen atoms in total. The molecule has 0 unspecified atom stereocenters. The van der Waals surface area contributed by atoms with Crippen molar-refractivity contribution < 1.29 is 4.79 Å². The number of benzene rings is 1. The largest absolute Gasteiger partial charge is 0.399 e. The van der Waals surface area contributed by atoms with Crippen molar-refractivity contribution in [2.45, 2.75) is 13.8 Å². The lowest BCUT2D eigenvalue weighted by atomic mass is 10.1. The van der Waals surface area contributed by atoms with Gasteiger partial charge in [-0.25, -0.2) is 0 Å². The molecule has 0 bridgehead atoms. The first-order chi connectivity index (χ1) is 7.95. The number of nitrogen functional groups attached to an aromatic ring is 1. The standard InChI is InChI=1S/C13H17BrN2O/c1-4-16(8-9(2)3)13(17)11-7-10(15)5-6-12(11)14/h5-7H,2,4,8,15H2,1,3H3. The van der Waals surface area contributed by atoms with Crippen LogP contribution in [0.4, 0.5) is 5.69 Å². The predicted octanol–water partition coefficient (Wildman–Crippen LogP) is 3.07. The summed E-state index contributed by atoms with van der Waals surface area (Å²) in [4.78, 5) is 14.0. The molecule has 0 fully saturated rings. The number of carbonyl (C=O) groups is 1. The molecule has 0 aliphatic carbocycles. The van der Waals surface area contributed by atoms with Crippen LogP contribution in [0.2, 0.25) is 0 Å². The average molecular weight is 297 g/mol. The Balaban J connectivity index is 3.01. The molecule has 1 aromatic rings. The van der Waals surface area contributed by atoms with E-state index in [-0.39, 0.29) is 5.91 Å². The third-order valence-corrected chi connectivity index (χ3v) is 3.04. The van der Waals surface area contributed by atoms with E-state index in [0.717, 1.165) is 10.0 Å². The van der Waals surface area contributed by atoms with Crippen molar-refractivity contribution in [1.29, 1.82) is 0 Å². The van der Waals surface area contributed by atoms with Crippen molar-refractivity contribution in [3.8, 4) is 0 Å². The maximum Gasteiger partial charge on any atom is 0.255 e. The van der Waals surface area contributed by atoms with E-state index in [9.17, 15) is 4.79 Å². The number of likely N-dealkylation sites (N-methyl/N-ethyl adjacent to an activating group) is 1. The first kappa shape index (κ1) is 13.8. The van der Waals surface area contributed by atoms with E-state index in [1.165, 1.54) is 0 Å². The van der Waals surface area contributed by atoms with Gasteiger partial charge in [0.05, 0.1) is 5.56 Å². The summed E-state index contributed by atoms with van der Waals surface area (Å²) in [5.74, 6) is -0.0327. The monoisotopic (exact) mass is 296 g/mol. The molecule has 0 radical (unpaired) electrons. The SMILES string of the molecule is C=C(C)CN(CC)C(=O)c1cc(N)ccc1Br. The van der Waals surface area contributed by atoms with Crippen molar-refractivity contribution in [2.75, 3.05) is 18.8 Å². The molecule has 1 rings (SSSR count). The summed E-state index contributed by atoms with van der Waals surface area (Å²) >= 11 is 3.37. The van der Waals surface area contributed by atoms with Gasteiger partial charge in [0.1, 0.15) is 0 Å². The number of nitrogens with zero attached hydrogens (tertiary/aromatic N) is 1. The summed E-state index contributed by atoms with van der Waals surface area (Å²) < 4.78 is 0.761. The summed E-state index contributed by atoms with van der Waals surface area (Å²) in [6.07, 6.45) is 0. The van der Waals surface area contributed by atoms with Crippen LogP contribution in [-0.2, 0) is 0 Å². The number of nitrogens with two attached hydrogens (primary N) is 1. The van der Waals surface area contributed by atoms with Gasteiger partial charge in [0.2, 0.25) is 0 Å². The highest BCUT2D eigenvalue weighted by molar-refractivity contribution is 9.10. The molecular weight excluding hydrogens is 280 g/mol. The highest BCUT2D eigenvalue weighted by atomic mass is 79.9. The van der Waals surface area contributed by atoms with E-state index in [1.807, 2.05) is 13.8 Å². The molecule has 0 saturated heterocycles. The summed E-state index contributed by atoms with van der Waals surface area (Å²) in [7, 11) is 0. The minimum absolute atomic E-state index is 0.0327. The van der Waals surface area contributed by atoms with Gasteiger partial charge in [-0.2, -0.15) is 0 Å². The van der Waals surface area contributed by atoms with E-state index in [4.69, 9.17) is 5.73 Å². The Bertz CT molecular complexity index is 443. The minimum Gasteiger partial charge on any atom is -0.399 e. The minimum atomic E-state index is -0.0327. The lowest BCUT2D eigenvalue weighted by Crippen LogP contribution is -2.32. The molecule has 0 aromatic heterocycles. The first-order valence-electron chi connectivity index (χ1n) is 5.44. The Morgan fingerprint density at radius 2 is 2.18 bits per heavy atom. The van der Waals surface area contributed by atoms with Crippen LogP contribution >= 0.6 is 15.9 Å². The normalized spacial score (nSPS) is 10.1. The fourth-order valence-corrected chi connectivity index (χ4v) is 1.95. The third-order valence-electron chi connectivity index (χ3n) is 2.35. The second-order valence-electron chi connectivity index (χ2n) is 4.02. The zero-order valence-corrected chi connectivity index (χ0v) is 11.8. The fourth-order valence-electron chi connectivity index (χ4n) is 1.53. The summed E-state index contributed by atoms with van der Waals surface area (Å²) in [6, 6.07) is 5.24. The van der Waals surface area contributed by atoms with Crippen LogP contribution in [0.1, 0.15) is 24.2 Å². The molecule has 0 aliphatic heterocycles. The maximum absolute atomic E-state index is 12.3. The van der Waals surface area contributed by atoms with Gasteiger partial charge in [0.15, 0.2) is 0 Å². The lowest BCUT2D eigenvalue weighted by Gasteiger charge is -2.21. The number of hydrogen-bond donors (Lipinski definition) is 1. The van der Waals surface area contributed by atoms with Crippen molar-refractivity contribution in [1.82, 2.24) is 4.90 Å². The van der Waals surface area contributed by atoms with Crippen molar-refractivity contribution in [2.24, 2.45) is 0 Å². The van der Waals surface area contributed by atoms with Crippen molar-refractivity contribution in [3.05, 3.63) is 40.4 Å². The predicted molar refractivity (Wildman–Crippen MR) is 74.9 cm³/mol. The molecule has 1 aromatic carbocycles. The van der Waals surface area contributed by atoms with Crippen LogP contribution in [0.15, 0.2) is 34.8 Å². The molecule has 0 aliphatic rings. The summed E-state index contributed by atoms with van der Waals surface area (Å²) in [5.41, 5.74) is 7.83. The van der Waals surface area contributed by atoms with E-state index in [0.29, 0.717) is 24.3 Å². The number of rotatable bonds is 4. The van der Waals surface area contributed by atoms with Crippen LogP contribution < -0.4 is 5.73 Å². The quantitative estimate of drug-likeness (QED) is 0.686. The Kier molecular flexibility index (Phi) is 4.75. The highest BCUT2D eigenvalue weighted by Crippen LogP contribution is 2.21. The molecule has 0 atom stereocenters. The molecule has 0 spiro atoms. The first-order valence-corrected chi connectivity index (χ1v) is 6.23. The topological polar surface area (TPSA) is 46.3 Å². The number of anilines is 1. The van der Waals surface area contributed by atoms with Crippen molar-refractivity contribution >= 4 is 27.5 Å². The zero-order valence-electron chi connectivity index (χ0n) is 10.2. The molecule has 17 heavy (non-hydrogen) atoms. The molecule has 0 saturated carbocycles. The zero-order chi connectivity index (χ0) is 13.0. The van der Waals surface area contributed by atoms with Gasteiger partial charge < -0.3 is 10.6 Å². The highest BCUT2D eigenvalue weighted by Gasteiger charge is 2.16. The Hall–Kier alpha value is -1.29. The molecule has 2 N–H and O–H groups in total. The smallest absolute Gasteiger partial charge is 0.255 e. The van der Waals surface area contributed by atoms with Gasteiger partial charge >= 0.3 is 0 Å². The summed E-state index contributed by atoms with van der Waals surface area (Å²) in [5, 5.41) is 0. The van der Waals surface area contributed by atoms with Crippen LogP contribution in [0.5, 0.6) is 0 Å².